The summed E-state index contributed by atoms with van der Waals surface area (Å²) in [6.45, 7) is 0.302. The van der Waals surface area contributed by atoms with Crippen LogP contribution in [0, 0.1) is 0 Å². The van der Waals surface area contributed by atoms with Crippen LogP contribution in [-0.4, -0.2) is 18.8 Å². The number of hydrogen-bond donors (Lipinski definition) is 1. The summed E-state index contributed by atoms with van der Waals surface area (Å²) >= 11 is 3.95. The molecule has 0 radical (unpaired) electrons. The SMILES string of the molecule is COc1ccc(COC(=O)CCS)cc1. The molecule has 1 rings (SSSR count). The highest BCUT2D eigenvalue weighted by molar-refractivity contribution is 7.80. The van der Waals surface area contributed by atoms with Gasteiger partial charge in [0.05, 0.1) is 13.5 Å². The fraction of sp³-hybridized carbons (Fsp3) is 0.364. The van der Waals surface area contributed by atoms with Crippen molar-refractivity contribution in [2.75, 3.05) is 12.9 Å². The molecule has 0 N–H and O–H groups in total. The lowest BCUT2D eigenvalue weighted by molar-refractivity contribution is -0.144. The smallest absolute Gasteiger partial charge is 0.306 e. The highest BCUT2D eigenvalue weighted by atomic mass is 32.1. The van der Waals surface area contributed by atoms with Crippen molar-refractivity contribution in [1.29, 1.82) is 0 Å². The quantitative estimate of drug-likeness (QED) is 0.616. The van der Waals surface area contributed by atoms with E-state index < -0.39 is 0 Å². The topological polar surface area (TPSA) is 35.5 Å². The molecule has 0 aliphatic heterocycles. The summed E-state index contributed by atoms with van der Waals surface area (Å²) < 4.78 is 10.0. The molecule has 0 atom stereocenters. The van der Waals surface area contributed by atoms with E-state index in [2.05, 4.69) is 12.6 Å². The van der Waals surface area contributed by atoms with Gasteiger partial charge in [-0.3, -0.25) is 4.79 Å². The minimum atomic E-state index is -0.221. The van der Waals surface area contributed by atoms with Gasteiger partial charge in [-0.1, -0.05) is 12.1 Å². The lowest BCUT2D eigenvalue weighted by atomic mass is 10.2. The van der Waals surface area contributed by atoms with E-state index in [1.54, 1.807) is 7.11 Å². The van der Waals surface area contributed by atoms with E-state index in [-0.39, 0.29) is 5.97 Å². The molecule has 0 aliphatic rings. The maximum Gasteiger partial charge on any atom is 0.306 e. The van der Waals surface area contributed by atoms with Gasteiger partial charge in [0, 0.05) is 5.75 Å². The standard InChI is InChI=1S/C11H14O3S/c1-13-10-4-2-9(3-5-10)8-14-11(12)6-7-15/h2-5,15H,6-8H2,1H3. The van der Waals surface area contributed by atoms with Crippen molar-refractivity contribution < 1.29 is 14.3 Å². The molecule has 0 saturated heterocycles. The van der Waals surface area contributed by atoms with E-state index >= 15 is 0 Å². The van der Waals surface area contributed by atoms with Gasteiger partial charge < -0.3 is 9.47 Å². The van der Waals surface area contributed by atoms with Crippen molar-refractivity contribution in [1.82, 2.24) is 0 Å². The van der Waals surface area contributed by atoms with E-state index in [0.29, 0.717) is 18.8 Å². The highest BCUT2D eigenvalue weighted by Gasteiger charge is 2.01. The first-order valence-electron chi connectivity index (χ1n) is 4.65. The number of rotatable bonds is 5. The molecule has 0 spiro atoms. The first kappa shape index (κ1) is 11.9. The summed E-state index contributed by atoms with van der Waals surface area (Å²) in [4.78, 5) is 11.0. The number of carbonyl (C=O) groups is 1. The third-order valence-corrected chi connectivity index (χ3v) is 2.10. The van der Waals surface area contributed by atoms with Crippen LogP contribution in [0.4, 0.5) is 0 Å². The predicted molar refractivity (Wildman–Crippen MR) is 61.3 cm³/mol. The van der Waals surface area contributed by atoms with Crippen LogP contribution in [0.5, 0.6) is 5.75 Å². The fourth-order valence-electron chi connectivity index (χ4n) is 1.05. The summed E-state index contributed by atoms with van der Waals surface area (Å²) in [6, 6.07) is 7.41. The monoisotopic (exact) mass is 226 g/mol. The Morgan fingerprint density at radius 2 is 2.00 bits per heavy atom. The summed E-state index contributed by atoms with van der Waals surface area (Å²) in [5, 5.41) is 0. The van der Waals surface area contributed by atoms with E-state index in [0.717, 1.165) is 11.3 Å². The third-order valence-electron chi connectivity index (χ3n) is 1.87. The predicted octanol–water partition coefficient (Wildman–Crippen LogP) is 2.06. The van der Waals surface area contributed by atoms with Crippen LogP contribution < -0.4 is 4.74 Å². The number of ether oxygens (including phenoxy) is 2. The summed E-state index contributed by atoms with van der Waals surface area (Å²) in [5.41, 5.74) is 0.948. The number of thiol groups is 1. The molecule has 1 aromatic carbocycles. The second kappa shape index (κ2) is 6.35. The Balaban J connectivity index is 2.40. The van der Waals surface area contributed by atoms with Gasteiger partial charge in [0.2, 0.25) is 0 Å². The Morgan fingerprint density at radius 1 is 1.33 bits per heavy atom. The zero-order valence-electron chi connectivity index (χ0n) is 8.60. The van der Waals surface area contributed by atoms with Crippen molar-refractivity contribution >= 4 is 18.6 Å². The van der Waals surface area contributed by atoms with Crippen molar-refractivity contribution in [3.8, 4) is 5.75 Å². The molecular weight excluding hydrogens is 212 g/mol. The minimum Gasteiger partial charge on any atom is -0.497 e. The molecule has 0 heterocycles. The number of hydrogen-bond acceptors (Lipinski definition) is 4. The molecule has 0 aromatic heterocycles. The fourth-order valence-corrected chi connectivity index (χ4v) is 1.23. The van der Waals surface area contributed by atoms with Crippen LogP contribution in [0.25, 0.3) is 0 Å². The van der Waals surface area contributed by atoms with E-state index in [9.17, 15) is 4.79 Å². The molecule has 3 nitrogen and oxygen atoms in total. The molecule has 15 heavy (non-hydrogen) atoms. The second-order valence-corrected chi connectivity index (χ2v) is 3.43. The van der Waals surface area contributed by atoms with Crippen molar-refractivity contribution in [2.24, 2.45) is 0 Å². The largest absolute Gasteiger partial charge is 0.497 e. The van der Waals surface area contributed by atoms with Crippen LogP contribution in [0.15, 0.2) is 24.3 Å². The number of carbonyl (C=O) groups excluding carboxylic acids is 1. The van der Waals surface area contributed by atoms with Crippen LogP contribution in [0.1, 0.15) is 12.0 Å². The Hall–Kier alpha value is -1.16. The molecule has 4 heteroatoms. The molecular formula is C11H14O3S. The van der Waals surface area contributed by atoms with E-state index in [4.69, 9.17) is 9.47 Å². The van der Waals surface area contributed by atoms with Crippen molar-refractivity contribution in [3.05, 3.63) is 29.8 Å². The van der Waals surface area contributed by atoms with E-state index in [1.807, 2.05) is 24.3 Å². The molecule has 0 saturated carbocycles. The van der Waals surface area contributed by atoms with Gasteiger partial charge in [0.15, 0.2) is 0 Å². The minimum absolute atomic E-state index is 0.221. The molecule has 82 valence electrons. The Kier molecular flexibility index (Phi) is 5.04. The average molecular weight is 226 g/mol. The van der Waals surface area contributed by atoms with E-state index in [1.165, 1.54) is 0 Å². The zero-order valence-corrected chi connectivity index (χ0v) is 9.50. The maximum atomic E-state index is 11.0. The van der Waals surface area contributed by atoms with Gasteiger partial charge in [0.25, 0.3) is 0 Å². The molecule has 0 unspecified atom stereocenters. The first-order chi connectivity index (χ1) is 7.26. The van der Waals surface area contributed by atoms with Crippen molar-refractivity contribution in [3.63, 3.8) is 0 Å². The van der Waals surface area contributed by atoms with Gasteiger partial charge in [-0.25, -0.2) is 0 Å². The molecule has 1 aromatic rings. The van der Waals surface area contributed by atoms with Gasteiger partial charge in [-0.2, -0.15) is 12.6 Å². The lowest BCUT2D eigenvalue weighted by Crippen LogP contribution is -2.04. The highest BCUT2D eigenvalue weighted by Crippen LogP contribution is 2.12. The van der Waals surface area contributed by atoms with Gasteiger partial charge in [0.1, 0.15) is 12.4 Å². The third kappa shape index (κ3) is 4.25. The van der Waals surface area contributed by atoms with Crippen LogP contribution in [-0.2, 0) is 16.1 Å². The molecule has 0 fully saturated rings. The maximum absolute atomic E-state index is 11.0. The van der Waals surface area contributed by atoms with Crippen molar-refractivity contribution in [2.45, 2.75) is 13.0 Å². The summed E-state index contributed by atoms with van der Waals surface area (Å²) in [5.74, 6) is 1.09. The zero-order chi connectivity index (χ0) is 11.1. The number of esters is 1. The second-order valence-electron chi connectivity index (χ2n) is 2.98. The molecule has 0 aliphatic carbocycles. The number of benzene rings is 1. The summed E-state index contributed by atoms with van der Waals surface area (Å²) in [7, 11) is 1.61. The average Bonchev–Trinajstić information content (AvgIpc) is 2.27. The summed E-state index contributed by atoms with van der Waals surface area (Å²) in [6.07, 6.45) is 0.346. The Bertz CT molecular complexity index is 308. The normalized spacial score (nSPS) is 9.73. The van der Waals surface area contributed by atoms with Gasteiger partial charge in [-0.15, -0.1) is 0 Å². The lowest BCUT2D eigenvalue weighted by Gasteiger charge is -2.04. The Labute approximate surface area is 94.8 Å². The van der Waals surface area contributed by atoms with Crippen LogP contribution in [0.3, 0.4) is 0 Å². The first-order valence-corrected chi connectivity index (χ1v) is 5.29. The van der Waals surface area contributed by atoms with Crippen LogP contribution in [0.2, 0.25) is 0 Å². The molecule has 0 bridgehead atoms. The number of methoxy groups -OCH3 is 1. The van der Waals surface area contributed by atoms with Crippen LogP contribution >= 0.6 is 12.6 Å². The Morgan fingerprint density at radius 3 is 2.53 bits per heavy atom. The van der Waals surface area contributed by atoms with Gasteiger partial charge >= 0.3 is 5.97 Å². The van der Waals surface area contributed by atoms with Gasteiger partial charge in [-0.05, 0) is 17.7 Å². The molecule has 0 amide bonds.